The maximum Gasteiger partial charge on any atom is 0.129 e. The van der Waals surface area contributed by atoms with Crippen LogP contribution in [0.5, 0.6) is 0 Å². The van der Waals surface area contributed by atoms with Gasteiger partial charge in [-0.15, -0.1) is 0 Å². The minimum absolute atomic E-state index is 0.295. The van der Waals surface area contributed by atoms with Crippen molar-refractivity contribution >= 4 is 6.29 Å². The predicted octanol–water partition coefficient (Wildman–Crippen LogP) is 0.829. The van der Waals surface area contributed by atoms with Gasteiger partial charge in [0.05, 0.1) is 17.6 Å². The number of nitrogens with zero attached hydrogens (tertiary/aromatic N) is 1. The van der Waals surface area contributed by atoms with E-state index in [0.717, 1.165) is 51.6 Å². The molecule has 2 rings (SSSR count). The molecule has 0 aromatic heterocycles. The molecule has 2 heterocycles. The molecule has 4 heteroatoms. The fourth-order valence-corrected chi connectivity index (χ4v) is 2.80. The molecule has 2 aliphatic rings. The van der Waals surface area contributed by atoms with E-state index in [9.17, 15) is 9.90 Å². The van der Waals surface area contributed by atoms with Crippen molar-refractivity contribution in [2.75, 3.05) is 32.8 Å². The summed E-state index contributed by atoms with van der Waals surface area (Å²) in [5.74, 6) is 0. The first-order valence-corrected chi connectivity index (χ1v) is 6.54. The lowest BCUT2D eigenvalue weighted by molar-refractivity contribution is -0.117. The standard InChI is InChI=1S/C13H23NO3/c1-12(16)3-2-6-14(7-4-12)9-13(10-15)5-8-17-11-13/h10,16H,2-9,11H2,1H3. The zero-order chi connectivity index (χ0) is 12.4. The third kappa shape index (κ3) is 3.27. The number of carbonyl (C=O) groups excluding carboxylic acids is 1. The van der Waals surface area contributed by atoms with Gasteiger partial charge in [0, 0.05) is 19.7 Å². The van der Waals surface area contributed by atoms with E-state index >= 15 is 0 Å². The summed E-state index contributed by atoms with van der Waals surface area (Å²) in [6.45, 7) is 5.80. The molecule has 2 fully saturated rings. The van der Waals surface area contributed by atoms with Crippen molar-refractivity contribution in [3.05, 3.63) is 0 Å². The van der Waals surface area contributed by atoms with Crippen LogP contribution in [-0.2, 0) is 9.53 Å². The van der Waals surface area contributed by atoms with Crippen molar-refractivity contribution in [2.45, 2.75) is 38.2 Å². The van der Waals surface area contributed by atoms with E-state index in [2.05, 4.69) is 4.90 Å². The van der Waals surface area contributed by atoms with Crippen LogP contribution in [0.15, 0.2) is 0 Å². The number of likely N-dealkylation sites (tertiary alicyclic amines) is 1. The zero-order valence-corrected chi connectivity index (χ0v) is 10.7. The summed E-state index contributed by atoms with van der Waals surface area (Å²) in [5.41, 5.74) is -0.828. The van der Waals surface area contributed by atoms with Gasteiger partial charge in [-0.1, -0.05) is 0 Å². The van der Waals surface area contributed by atoms with Crippen LogP contribution in [-0.4, -0.2) is 54.7 Å². The molecular formula is C13H23NO3. The minimum atomic E-state index is -0.532. The van der Waals surface area contributed by atoms with Crippen molar-refractivity contribution < 1.29 is 14.6 Å². The number of ether oxygens (including phenoxy) is 1. The van der Waals surface area contributed by atoms with Crippen LogP contribution < -0.4 is 0 Å². The Morgan fingerprint density at radius 3 is 2.82 bits per heavy atom. The van der Waals surface area contributed by atoms with Crippen molar-refractivity contribution in [3.63, 3.8) is 0 Å². The Balaban J connectivity index is 1.92. The van der Waals surface area contributed by atoms with Gasteiger partial charge < -0.3 is 19.5 Å². The fraction of sp³-hybridized carbons (Fsp3) is 0.923. The van der Waals surface area contributed by atoms with E-state index in [1.54, 1.807) is 0 Å². The Morgan fingerprint density at radius 2 is 2.18 bits per heavy atom. The Hall–Kier alpha value is -0.450. The molecule has 0 aromatic carbocycles. The van der Waals surface area contributed by atoms with Crippen molar-refractivity contribution in [3.8, 4) is 0 Å². The molecule has 17 heavy (non-hydrogen) atoms. The van der Waals surface area contributed by atoms with Gasteiger partial charge >= 0.3 is 0 Å². The van der Waals surface area contributed by atoms with Crippen molar-refractivity contribution in [1.82, 2.24) is 4.90 Å². The minimum Gasteiger partial charge on any atom is -0.390 e. The molecule has 0 radical (unpaired) electrons. The molecule has 0 aliphatic carbocycles. The SMILES string of the molecule is CC1(O)CCCN(CC2(C=O)CCOC2)CC1. The highest BCUT2D eigenvalue weighted by atomic mass is 16.5. The summed E-state index contributed by atoms with van der Waals surface area (Å²) >= 11 is 0. The lowest BCUT2D eigenvalue weighted by Gasteiger charge is -2.29. The number of hydrogen-bond acceptors (Lipinski definition) is 4. The third-order valence-electron chi connectivity index (χ3n) is 4.08. The van der Waals surface area contributed by atoms with E-state index in [-0.39, 0.29) is 5.41 Å². The maximum atomic E-state index is 11.3. The largest absolute Gasteiger partial charge is 0.390 e. The van der Waals surface area contributed by atoms with Gasteiger partial charge in [-0.05, 0) is 39.2 Å². The quantitative estimate of drug-likeness (QED) is 0.744. The van der Waals surface area contributed by atoms with Gasteiger partial charge in [-0.2, -0.15) is 0 Å². The molecular weight excluding hydrogens is 218 g/mol. The lowest BCUT2D eigenvalue weighted by Crippen LogP contribution is -2.40. The van der Waals surface area contributed by atoms with E-state index in [4.69, 9.17) is 4.74 Å². The lowest BCUT2D eigenvalue weighted by atomic mass is 9.88. The second-order valence-electron chi connectivity index (χ2n) is 5.91. The highest BCUT2D eigenvalue weighted by Crippen LogP contribution is 2.29. The molecule has 2 atom stereocenters. The van der Waals surface area contributed by atoms with Gasteiger partial charge in [-0.3, -0.25) is 0 Å². The molecule has 1 N–H and O–H groups in total. The Kier molecular flexibility index (Phi) is 3.85. The predicted molar refractivity (Wildman–Crippen MR) is 64.8 cm³/mol. The molecule has 2 saturated heterocycles. The van der Waals surface area contributed by atoms with Gasteiger partial charge in [-0.25, -0.2) is 0 Å². The number of rotatable bonds is 3. The van der Waals surface area contributed by atoms with Gasteiger partial charge in [0.25, 0.3) is 0 Å². The molecule has 0 spiro atoms. The normalized spacial score (nSPS) is 40.1. The molecule has 0 aromatic rings. The van der Waals surface area contributed by atoms with Crippen LogP contribution in [0.1, 0.15) is 32.6 Å². The second kappa shape index (κ2) is 5.04. The molecule has 2 unspecified atom stereocenters. The first-order valence-electron chi connectivity index (χ1n) is 6.54. The maximum absolute atomic E-state index is 11.3. The smallest absolute Gasteiger partial charge is 0.129 e. The van der Waals surface area contributed by atoms with Crippen LogP contribution in [0.25, 0.3) is 0 Å². The van der Waals surface area contributed by atoms with Crippen LogP contribution in [0.3, 0.4) is 0 Å². The van der Waals surface area contributed by atoms with Crippen molar-refractivity contribution in [1.29, 1.82) is 0 Å². The van der Waals surface area contributed by atoms with Crippen LogP contribution in [0.2, 0.25) is 0 Å². The van der Waals surface area contributed by atoms with Crippen LogP contribution in [0.4, 0.5) is 0 Å². The average Bonchev–Trinajstić information content (AvgIpc) is 2.68. The van der Waals surface area contributed by atoms with E-state index in [1.807, 2.05) is 6.92 Å². The molecule has 4 nitrogen and oxygen atoms in total. The Labute approximate surface area is 103 Å². The van der Waals surface area contributed by atoms with Crippen LogP contribution in [0, 0.1) is 5.41 Å². The summed E-state index contributed by atoms with van der Waals surface area (Å²) in [4.78, 5) is 13.6. The van der Waals surface area contributed by atoms with Gasteiger partial charge in [0.2, 0.25) is 0 Å². The second-order valence-corrected chi connectivity index (χ2v) is 5.91. The highest BCUT2D eigenvalue weighted by molar-refractivity contribution is 5.60. The molecule has 0 amide bonds. The molecule has 0 bridgehead atoms. The third-order valence-corrected chi connectivity index (χ3v) is 4.08. The summed E-state index contributed by atoms with van der Waals surface area (Å²) in [7, 11) is 0. The number of hydrogen-bond donors (Lipinski definition) is 1. The topological polar surface area (TPSA) is 49.8 Å². The number of aliphatic hydroxyl groups is 1. The summed E-state index contributed by atoms with van der Waals surface area (Å²) in [6, 6.07) is 0. The Morgan fingerprint density at radius 1 is 1.35 bits per heavy atom. The fourth-order valence-electron chi connectivity index (χ4n) is 2.80. The summed E-state index contributed by atoms with van der Waals surface area (Å²) in [5, 5.41) is 10.0. The first kappa shape index (κ1) is 13.0. The van der Waals surface area contributed by atoms with E-state index in [1.165, 1.54) is 0 Å². The molecule has 98 valence electrons. The summed E-state index contributed by atoms with van der Waals surface area (Å²) < 4.78 is 5.36. The Bertz CT molecular complexity index is 272. The van der Waals surface area contributed by atoms with Crippen molar-refractivity contribution in [2.24, 2.45) is 5.41 Å². The summed E-state index contributed by atoms with van der Waals surface area (Å²) in [6.07, 6.45) is 4.56. The van der Waals surface area contributed by atoms with Crippen LogP contribution >= 0.6 is 0 Å². The monoisotopic (exact) mass is 241 g/mol. The number of aldehydes is 1. The number of carbonyl (C=O) groups is 1. The zero-order valence-electron chi connectivity index (χ0n) is 10.7. The average molecular weight is 241 g/mol. The van der Waals surface area contributed by atoms with E-state index in [0.29, 0.717) is 13.2 Å². The first-order chi connectivity index (χ1) is 8.05. The van der Waals surface area contributed by atoms with Gasteiger partial charge in [0.15, 0.2) is 0 Å². The molecule has 0 saturated carbocycles. The molecule has 2 aliphatic heterocycles. The highest BCUT2D eigenvalue weighted by Gasteiger charge is 2.37. The van der Waals surface area contributed by atoms with E-state index < -0.39 is 5.60 Å². The van der Waals surface area contributed by atoms with Gasteiger partial charge in [0.1, 0.15) is 6.29 Å².